The van der Waals surface area contributed by atoms with Gasteiger partial charge in [0.1, 0.15) is 0 Å². The lowest BCUT2D eigenvalue weighted by Gasteiger charge is -2.31. The summed E-state index contributed by atoms with van der Waals surface area (Å²) in [6.07, 6.45) is 9.56. The molecule has 0 N–H and O–H groups in total. The smallest absolute Gasteiger partial charge is 0.329 e. The summed E-state index contributed by atoms with van der Waals surface area (Å²) in [4.78, 5) is 11.4. The Morgan fingerprint density at radius 3 is 1.74 bits per heavy atom. The molecule has 0 spiro atoms. The molecule has 0 aromatic carbocycles. The Morgan fingerprint density at radius 2 is 1.42 bits per heavy atom. The SMILES string of the molecule is C=CC(=O)OC[Si](CCCC)(CCCC)CCCC. The van der Waals surface area contributed by atoms with Gasteiger partial charge in [-0.1, -0.05) is 84.0 Å². The maximum absolute atomic E-state index is 11.4. The molecule has 0 atom stereocenters. The Hall–Kier alpha value is -0.573. The summed E-state index contributed by atoms with van der Waals surface area (Å²) in [5.41, 5.74) is 0. The van der Waals surface area contributed by atoms with Crippen molar-refractivity contribution in [2.75, 3.05) is 6.23 Å². The normalized spacial score (nSPS) is 11.3. The van der Waals surface area contributed by atoms with Crippen LogP contribution in [-0.2, 0) is 9.53 Å². The standard InChI is InChI=1S/C16H32O2Si/c1-5-9-12-19(13-10-6-2,14-11-7-3)15-18-16(17)8-4/h8H,4-7,9-15H2,1-3H3. The predicted molar refractivity (Wildman–Crippen MR) is 86.1 cm³/mol. The average molecular weight is 285 g/mol. The topological polar surface area (TPSA) is 26.3 Å². The molecule has 0 aliphatic heterocycles. The van der Waals surface area contributed by atoms with Crippen molar-refractivity contribution in [1.82, 2.24) is 0 Å². The molecule has 0 saturated carbocycles. The van der Waals surface area contributed by atoms with Crippen LogP contribution in [0.2, 0.25) is 18.1 Å². The van der Waals surface area contributed by atoms with Gasteiger partial charge in [0.2, 0.25) is 0 Å². The summed E-state index contributed by atoms with van der Waals surface area (Å²) < 4.78 is 5.45. The molecule has 112 valence electrons. The third-order valence-electron chi connectivity index (χ3n) is 3.87. The van der Waals surface area contributed by atoms with Gasteiger partial charge in [0.15, 0.2) is 0 Å². The summed E-state index contributed by atoms with van der Waals surface area (Å²) in [7, 11) is -1.43. The van der Waals surface area contributed by atoms with Gasteiger partial charge in [0.05, 0.1) is 14.3 Å². The van der Waals surface area contributed by atoms with Crippen LogP contribution in [0, 0.1) is 0 Å². The van der Waals surface area contributed by atoms with Gasteiger partial charge in [0, 0.05) is 6.08 Å². The number of unbranched alkanes of at least 4 members (excludes halogenated alkanes) is 3. The largest absolute Gasteiger partial charge is 0.466 e. The van der Waals surface area contributed by atoms with E-state index < -0.39 is 8.07 Å². The van der Waals surface area contributed by atoms with Crippen molar-refractivity contribution in [3.05, 3.63) is 12.7 Å². The summed E-state index contributed by atoms with van der Waals surface area (Å²) >= 11 is 0. The van der Waals surface area contributed by atoms with Gasteiger partial charge in [-0.05, 0) is 0 Å². The van der Waals surface area contributed by atoms with Crippen molar-refractivity contribution >= 4 is 14.0 Å². The van der Waals surface area contributed by atoms with Gasteiger partial charge < -0.3 is 4.74 Å². The molecule has 0 unspecified atom stereocenters. The number of rotatable bonds is 12. The van der Waals surface area contributed by atoms with E-state index in [4.69, 9.17) is 4.74 Å². The van der Waals surface area contributed by atoms with Crippen molar-refractivity contribution in [1.29, 1.82) is 0 Å². The predicted octanol–water partition coefficient (Wildman–Crippen LogP) is 5.10. The van der Waals surface area contributed by atoms with Crippen molar-refractivity contribution in [2.24, 2.45) is 0 Å². The maximum atomic E-state index is 11.4. The van der Waals surface area contributed by atoms with E-state index in [1.807, 2.05) is 0 Å². The maximum Gasteiger partial charge on any atom is 0.329 e. The first kappa shape index (κ1) is 18.4. The van der Waals surface area contributed by atoms with Gasteiger partial charge >= 0.3 is 5.97 Å². The monoisotopic (exact) mass is 284 g/mol. The minimum Gasteiger partial charge on any atom is -0.466 e. The Morgan fingerprint density at radius 1 is 1.00 bits per heavy atom. The van der Waals surface area contributed by atoms with Crippen molar-refractivity contribution < 1.29 is 9.53 Å². The number of hydrogen-bond donors (Lipinski definition) is 0. The first-order chi connectivity index (χ1) is 9.14. The quantitative estimate of drug-likeness (QED) is 0.283. The van der Waals surface area contributed by atoms with E-state index in [0.29, 0.717) is 6.23 Å². The highest BCUT2D eigenvalue weighted by Gasteiger charge is 2.32. The van der Waals surface area contributed by atoms with Gasteiger partial charge in [-0.3, -0.25) is 0 Å². The molecule has 0 aliphatic carbocycles. The zero-order valence-corrected chi connectivity index (χ0v) is 14.2. The fourth-order valence-electron chi connectivity index (χ4n) is 2.53. The fourth-order valence-corrected chi connectivity index (χ4v) is 7.47. The first-order valence-corrected chi connectivity index (χ1v) is 10.8. The summed E-state index contributed by atoms with van der Waals surface area (Å²) in [6, 6.07) is 3.94. The van der Waals surface area contributed by atoms with Crippen LogP contribution in [0.5, 0.6) is 0 Å². The van der Waals surface area contributed by atoms with E-state index in [1.165, 1.54) is 62.7 Å². The van der Waals surface area contributed by atoms with Gasteiger partial charge in [0.25, 0.3) is 0 Å². The van der Waals surface area contributed by atoms with Gasteiger partial charge in [-0.15, -0.1) is 0 Å². The van der Waals surface area contributed by atoms with Crippen LogP contribution in [-0.4, -0.2) is 20.3 Å². The fraction of sp³-hybridized carbons (Fsp3) is 0.812. The second kappa shape index (κ2) is 11.3. The Kier molecular flexibility index (Phi) is 10.9. The summed E-state index contributed by atoms with van der Waals surface area (Å²) in [5, 5.41) is 0. The lowest BCUT2D eigenvalue weighted by molar-refractivity contribution is -0.136. The van der Waals surface area contributed by atoms with E-state index >= 15 is 0 Å². The van der Waals surface area contributed by atoms with Crippen LogP contribution in [0.25, 0.3) is 0 Å². The summed E-state index contributed by atoms with van der Waals surface area (Å²) in [5.74, 6) is -0.249. The Balaban J connectivity index is 4.64. The number of hydrogen-bond acceptors (Lipinski definition) is 2. The van der Waals surface area contributed by atoms with Gasteiger partial charge in [-0.25, -0.2) is 4.79 Å². The third-order valence-corrected chi connectivity index (χ3v) is 8.87. The van der Waals surface area contributed by atoms with Crippen LogP contribution in [0.15, 0.2) is 12.7 Å². The molecule has 0 heterocycles. The molecule has 0 radical (unpaired) electrons. The highest BCUT2D eigenvalue weighted by atomic mass is 28.3. The molecular formula is C16H32O2Si. The molecule has 0 bridgehead atoms. The number of carbonyl (C=O) groups is 1. The van der Waals surface area contributed by atoms with Crippen molar-refractivity contribution in [3.8, 4) is 0 Å². The molecule has 0 fully saturated rings. The number of ether oxygens (including phenoxy) is 1. The number of esters is 1. The van der Waals surface area contributed by atoms with E-state index in [2.05, 4.69) is 27.4 Å². The number of carbonyl (C=O) groups excluding carboxylic acids is 1. The van der Waals surface area contributed by atoms with E-state index in [9.17, 15) is 4.79 Å². The summed E-state index contributed by atoms with van der Waals surface area (Å²) in [6.45, 7) is 10.2. The molecule has 0 aliphatic rings. The van der Waals surface area contributed by atoms with Crippen molar-refractivity contribution in [3.63, 3.8) is 0 Å². The molecule has 0 amide bonds. The van der Waals surface area contributed by atoms with E-state index in [-0.39, 0.29) is 5.97 Å². The van der Waals surface area contributed by atoms with Gasteiger partial charge in [-0.2, -0.15) is 0 Å². The van der Waals surface area contributed by atoms with Crippen LogP contribution >= 0.6 is 0 Å². The minimum atomic E-state index is -1.43. The zero-order valence-electron chi connectivity index (χ0n) is 13.2. The average Bonchev–Trinajstić information content (AvgIpc) is 2.45. The first-order valence-electron chi connectivity index (χ1n) is 7.93. The van der Waals surface area contributed by atoms with Crippen LogP contribution in [0.4, 0.5) is 0 Å². The Bertz CT molecular complexity index is 229. The molecule has 0 aromatic rings. The van der Waals surface area contributed by atoms with Crippen molar-refractivity contribution in [2.45, 2.75) is 77.4 Å². The lowest BCUT2D eigenvalue weighted by Crippen LogP contribution is -2.40. The molecule has 19 heavy (non-hydrogen) atoms. The third kappa shape index (κ3) is 8.25. The second-order valence-corrected chi connectivity index (χ2v) is 10.4. The van der Waals surface area contributed by atoms with Crippen LogP contribution in [0.3, 0.4) is 0 Å². The Labute approximate surface area is 120 Å². The highest BCUT2D eigenvalue weighted by Crippen LogP contribution is 2.28. The van der Waals surface area contributed by atoms with Crippen LogP contribution < -0.4 is 0 Å². The molecule has 2 nitrogen and oxygen atoms in total. The van der Waals surface area contributed by atoms with E-state index in [1.54, 1.807) is 0 Å². The molecule has 0 rings (SSSR count). The molecule has 0 aromatic heterocycles. The molecule has 3 heteroatoms. The lowest BCUT2D eigenvalue weighted by atomic mass is 10.4. The van der Waals surface area contributed by atoms with Crippen LogP contribution in [0.1, 0.15) is 59.3 Å². The zero-order chi connectivity index (χ0) is 14.6. The van der Waals surface area contributed by atoms with E-state index in [0.717, 1.165) is 0 Å². The molecular weight excluding hydrogens is 252 g/mol. The second-order valence-electron chi connectivity index (χ2n) is 5.62. The minimum absolute atomic E-state index is 0.249. The molecule has 0 saturated heterocycles. The highest BCUT2D eigenvalue weighted by molar-refractivity contribution is 6.79.